The second-order valence-corrected chi connectivity index (χ2v) is 10.9. The molecule has 3 aromatic heterocycles. The molecule has 2 N–H and O–H groups in total. The number of carbonyl (C=O) groups is 1. The molecule has 0 unspecified atom stereocenters. The standard InChI is InChI=1S/C33H39N7O/c1-7-39(8-2)33(41)35-26-15-13-25(14-16-26)31-29(21-40(37-31)22(3)4)27-17-18-34-32-28(27)19-30(36-32)24-11-9-23(10-12-24)20-38(5)6/h9-19,21-22H,7-8,20H2,1-6H3,(H,34,36)(H,35,41). The van der Waals surface area contributed by atoms with Crippen LogP contribution in [0.2, 0.25) is 0 Å². The van der Waals surface area contributed by atoms with Gasteiger partial charge in [-0.3, -0.25) is 4.68 Å². The monoisotopic (exact) mass is 549 g/mol. The minimum absolute atomic E-state index is 0.0951. The zero-order valence-corrected chi connectivity index (χ0v) is 24.8. The van der Waals surface area contributed by atoms with Crippen LogP contribution < -0.4 is 5.32 Å². The summed E-state index contributed by atoms with van der Waals surface area (Å²) < 4.78 is 2.00. The van der Waals surface area contributed by atoms with Crippen molar-refractivity contribution in [3.05, 3.63) is 78.6 Å². The second kappa shape index (κ2) is 12.0. The average molecular weight is 550 g/mol. The Morgan fingerprint density at radius 2 is 1.63 bits per heavy atom. The van der Waals surface area contributed by atoms with E-state index in [2.05, 4.69) is 90.7 Å². The van der Waals surface area contributed by atoms with Gasteiger partial charge in [-0.15, -0.1) is 0 Å². The van der Waals surface area contributed by atoms with Crippen LogP contribution in [-0.4, -0.2) is 62.8 Å². The molecule has 0 radical (unpaired) electrons. The van der Waals surface area contributed by atoms with E-state index in [1.807, 2.05) is 49.0 Å². The van der Waals surface area contributed by atoms with Crippen LogP contribution in [0.1, 0.15) is 39.3 Å². The zero-order valence-electron chi connectivity index (χ0n) is 24.8. The molecule has 0 fully saturated rings. The fourth-order valence-electron chi connectivity index (χ4n) is 5.06. The summed E-state index contributed by atoms with van der Waals surface area (Å²) in [7, 11) is 4.16. The van der Waals surface area contributed by atoms with Gasteiger partial charge in [0.05, 0.1) is 0 Å². The molecule has 0 saturated carbocycles. The van der Waals surface area contributed by atoms with Crippen LogP contribution >= 0.6 is 0 Å². The molecule has 0 saturated heterocycles. The maximum absolute atomic E-state index is 12.5. The van der Waals surface area contributed by atoms with Gasteiger partial charge in [0.15, 0.2) is 0 Å². The van der Waals surface area contributed by atoms with Gasteiger partial charge in [0.2, 0.25) is 0 Å². The Morgan fingerprint density at radius 1 is 0.951 bits per heavy atom. The molecule has 0 bridgehead atoms. The normalized spacial score (nSPS) is 11.5. The number of rotatable bonds is 9. The van der Waals surface area contributed by atoms with E-state index >= 15 is 0 Å². The third kappa shape index (κ3) is 6.02. The Bertz CT molecular complexity index is 1620. The Kier molecular flexibility index (Phi) is 8.21. The number of hydrogen-bond donors (Lipinski definition) is 2. The van der Waals surface area contributed by atoms with E-state index in [1.54, 1.807) is 4.90 Å². The van der Waals surface area contributed by atoms with Crippen molar-refractivity contribution in [2.24, 2.45) is 0 Å². The molecule has 212 valence electrons. The number of benzene rings is 2. The summed E-state index contributed by atoms with van der Waals surface area (Å²) in [6.07, 6.45) is 3.97. The van der Waals surface area contributed by atoms with E-state index < -0.39 is 0 Å². The molecule has 2 amide bonds. The number of anilines is 1. The van der Waals surface area contributed by atoms with E-state index in [4.69, 9.17) is 5.10 Å². The number of aromatic nitrogens is 4. The Hall–Kier alpha value is -4.43. The van der Waals surface area contributed by atoms with Crippen molar-refractivity contribution in [3.63, 3.8) is 0 Å². The lowest BCUT2D eigenvalue weighted by atomic mass is 10.00. The minimum atomic E-state index is -0.0951. The molecule has 8 heteroatoms. The van der Waals surface area contributed by atoms with Crippen LogP contribution in [0.5, 0.6) is 0 Å². The van der Waals surface area contributed by atoms with Gasteiger partial charge in [-0.1, -0.05) is 36.4 Å². The van der Waals surface area contributed by atoms with Gasteiger partial charge in [-0.2, -0.15) is 5.10 Å². The highest BCUT2D eigenvalue weighted by molar-refractivity contribution is 5.99. The number of nitrogens with zero attached hydrogens (tertiary/aromatic N) is 5. The number of pyridine rings is 1. The van der Waals surface area contributed by atoms with Gasteiger partial charge in [0, 0.05) is 66.0 Å². The van der Waals surface area contributed by atoms with E-state index in [0.717, 1.165) is 56.9 Å². The highest BCUT2D eigenvalue weighted by Crippen LogP contribution is 2.37. The third-order valence-electron chi connectivity index (χ3n) is 7.31. The minimum Gasteiger partial charge on any atom is -0.339 e. The van der Waals surface area contributed by atoms with Crippen molar-refractivity contribution >= 4 is 22.8 Å². The van der Waals surface area contributed by atoms with E-state index in [-0.39, 0.29) is 12.1 Å². The first-order valence-corrected chi connectivity index (χ1v) is 14.2. The molecule has 8 nitrogen and oxygen atoms in total. The van der Waals surface area contributed by atoms with E-state index in [0.29, 0.717) is 13.1 Å². The highest BCUT2D eigenvalue weighted by Gasteiger charge is 2.19. The summed E-state index contributed by atoms with van der Waals surface area (Å²) in [5.74, 6) is 0. The van der Waals surface area contributed by atoms with Gasteiger partial charge in [0.1, 0.15) is 11.3 Å². The number of hydrogen-bond acceptors (Lipinski definition) is 4. The van der Waals surface area contributed by atoms with Crippen molar-refractivity contribution in [1.82, 2.24) is 29.5 Å². The lowest BCUT2D eigenvalue weighted by molar-refractivity contribution is 0.217. The SMILES string of the molecule is CCN(CC)C(=O)Nc1ccc(-c2nn(C(C)C)cc2-c2ccnc3[nH]c(-c4ccc(CN(C)C)cc4)cc23)cc1. The summed E-state index contributed by atoms with van der Waals surface area (Å²) in [6.45, 7) is 10.4. The zero-order chi connectivity index (χ0) is 29.1. The molecule has 0 aliphatic rings. The number of fused-ring (bicyclic) bond motifs is 1. The number of aromatic amines is 1. The van der Waals surface area contributed by atoms with Crippen molar-refractivity contribution in [3.8, 4) is 33.6 Å². The first-order valence-electron chi connectivity index (χ1n) is 14.2. The molecule has 41 heavy (non-hydrogen) atoms. The molecule has 3 heterocycles. The molecule has 5 aromatic rings. The van der Waals surface area contributed by atoms with Crippen molar-refractivity contribution in [2.75, 3.05) is 32.5 Å². The Balaban J connectivity index is 1.51. The Labute approximate surface area is 242 Å². The smallest absolute Gasteiger partial charge is 0.321 e. The Morgan fingerprint density at radius 3 is 2.27 bits per heavy atom. The van der Waals surface area contributed by atoms with Gasteiger partial charge in [-0.25, -0.2) is 9.78 Å². The quantitative estimate of drug-likeness (QED) is 0.202. The number of H-pyrrole nitrogens is 1. The maximum Gasteiger partial charge on any atom is 0.321 e. The summed E-state index contributed by atoms with van der Waals surface area (Å²) in [5.41, 5.74) is 9.01. The first kappa shape index (κ1) is 28.1. The van der Waals surface area contributed by atoms with Gasteiger partial charge in [0.25, 0.3) is 0 Å². The van der Waals surface area contributed by atoms with Gasteiger partial charge < -0.3 is 20.1 Å². The number of carbonyl (C=O) groups excluding carboxylic acids is 1. The second-order valence-electron chi connectivity index (χ2n) is 10.9. The van der Waals surface area contributed by atoms with Gasteiger partial charge >= 0.3 is 6.03 Å². The van der Waals surface area contributed by atoms with Gasteiger partial charge in [-0.05, 0) is 82.7 Å². The summed E-state index contributed by atoms with van der Waals surface area (Å²) in [5, 5.41) is 9.04. The molecule has 5 rings (SSSR count). The van der Waals surface area contributed by atoms with Crippen LogP contribution in [-0.2, 0) is 6.54 Å². The summed E-state index contributed by atoms with van der Waals surface area (Å²) in [6, 6.07) is 20.9. The van der Waals surface area contributed by atoms with Crippen LogP contribution in [0.3, 0.4) is 0 Å². The molecule has 0 atom stereocenters. The number of urea groups is 1. The average Bonchev–Trinajstić information content (AvgIpc) is 3.60. The van der Waals surface area contributed by atoms with Crippen LogP contribution in [0.15, 0.2) is 73.1 Å². The predicted molar refractivity (Wildman–Crippen MR) is 168 cm³/mol. The largest absolute Gasteiger partial charge is 0.339 e. The summed E-state index contributed by atoms with van der Waals surface area (Å²) >= 11 is 0. The lowest BCUT2D eigenvalue weighted by Gasteiger charge is -2.19. The fourth-order valence-corrected chi connectivity index (χ4v) is 5.06. The lowest BCUT2D eigenvalue weighted by Crippen LogP contribution is -2.34. The van der Waals surface area contributed by atoms with Crippen LogP contribution in [0, 0.1) is 0 Å². The van der Waals surface area contributed by atoms with Crippen molar-refractivity contribution in [1.29, 1.82) is 0 Å². The van der Waals surface area contributed by atoms with Crippen LogP contribution in [0.4, 0.5) is 10.5 Å². The highest BCUT2D eigenvalue weighted by atomic mass is 16.2. The maximum atomic E-state index is 12.5. The van der Waals surface area contributed by atoms with Crippen molar-refractivity contribution in [2.45, 2.75) is 40.3 Å². The number of nitrogens with one attached hydrogen (secondary N) is 2. The van der Waals surface area contributed by atoms with Crippen molar-refractivity contribution < 1.29 is 4.79 Å². The molecule has 0 aliphatic carbocycles. The topological polar surface area (TPSA) is 82.1 Å². The molecule has 0 spiro atoms. The fraction of sp³-hybridized carbons (Fsp3) is 0.303. The summed E-state index contributed by atoms with van der Waals surface area (Å²) in [4.78, 5) is 24.6. The third-order valence-corrected chi connectivity index (χ3v) is 7.31. The van der Waals surface area contributed by atoms with E-state index in [9.17, 15) is 4.79 Å². The molecule has 0 aliphatic heterocycles. The van der Waals surface area contributed by atoms with E-state index in [1.165, 1.54) is 5.56 Å². The number of amides is 2. The predicted octanol–water partition coefficient (Wildman–Crippen LogP) is 7.28. The molecule has 2 aromatic carbocycles. The molecular formula is C33H39N7O. The molecular weight excluding hydrogens is 510 g/mol. The first-order chi connectivity index (χ1) is 19.8. The van der Waals surface area contributed by atoms with Crippen LogP contribution in [0.25, 0.3) is 44.7 Å².